The zero-order valence-corrected chi connectivity index (χ0v) is 12.2. The van der Waals surface area contributed by atoms with Gasteiger partial charge in [0.15, 0.2) is 0 Å². The van der Waals surface area contributed by atoms with Crippen molar-refractivity contribution in [2.45, 2.75) is 46.1 Å². The predicted molar refractivity (Wildman–Crippen MR) is 76.6 cm³/mol. The number of unbranched alkanes of at least 4 members (excludes halogenated alkanes) is 1. The highest BCUT2D eigenvalue weighted by atomic mass is 16.5. The fourth-order valence-electron chi connectivity index (χ4n) is 1.46. The van der Waals surface area contributed by atoms with Crippen molar-refractivity contribution in [3.05, 3.63) is 12.3 Å². The first kappa shape index (κ1) is 15.7. The largest absolute Gasteiger partial charge is 0.478 e. The molecule has 19 heavy (non-hydrogen) atoms. The van der Waals surface area contributed by atoms with E-state index in [2.05, 4.69) is 22.2 Å². The Morgan fingerprint density at radius 2 is 2.11 bits per heavy atom. The summed E-state index contributed by atoms with van der Waals surface area (Å²) in [6.45, 7) is 8.50. The zero-order chi connectivity index (χ0) is 13.9. The molecule has 0 amide bonds. The van der Waals surface area contributed by atoms with Gasteiger partial charge < -0.3 is 14.8 Å². The van der Waals surface area contributed by atoms with Crippen LogP contribution in [0, 0.1) is 0 Å². The van der Waals surface area contributed by atoms with Crippen LogP contribution in [-0.4, -0.2) is 35.8 Å². The maximum Gasteiger partial charge on any atom is 0.225 e. The van der Waals surface area contributed by atoms with Gasteiger partial charge in [0, 0.05) is 25.4 Å². The summed E-state index contributed by atoms with van der Waals surface area (Å²) < 4.78 is 10.9. The number of ether oxygens (including phenoxy) is 2. The van der Waals surface area contributed by atoms with Gasteiger partial charge >= 0.3 is 0 Å². The molecule has 1 rings (SSSR count). The van der Waals surface area contributed by atoms with E-state index >= 15 is 0 Å². The van der Waals surface area contributed by atoms with Gasteiger partial charge in [-0.2, -0.15) is 4.98 Å². The summed E-state index contributed by atoms with van der Waals surface area (Å²) >= 11 is 0. The van der Waals surface area contributed by atoms with Crippen LogP contribution in [0.4, 0.5) is 5.95 Å². The van der Waals surface area contributed by atoms with Gasteiger partial charge in [-0.05, 0) is 33.1 Å². The molecule has 0 spiro atoms. The van der Waals surface area contributed by atoms with Gasteiger partial charge in [0.1, 0.15) is 0 Å². The Labute approximate surface area is 115 Å². The van der Waals surface area contributed by atoms with Gasteiger partial charge in [0.2, 0.25) is 11.8 Å². The second kappa shape index (κ2) is 9.55. The fourth-order valence-corrected chi connectivity index (χ4v) is 1.46. The summed E-state index contributed by atoms with van der Waals surface area (Å²) in [5.41, 5.74) is 0. The van der Waals surface area contributed by atoms with Crippen molar-refractivity contribution < 1.29 is 9.47 Å². The van der Waals surface area contributed by atoms with Crippen molar-refractivity contribution in [1.29, 1.82) is 0 Å². The minimum Gasteiger partial charge on any atom is -0.478 e. The van der Waals surface area contributed by atoms with Crippen LogP contribution < -0.4 is 10.1 Å². The first-order chi connectivity index (χ1) is 9.22. The normalized spacial score (nSPS) is 10.7. The lowest BCUT2D eigenvalue weighted by atomic mass is 10.3. The molecule has 1 aromatic heterocycles. The van der Waals surface area contributed by atoms with Crippen LogP contribution in [0.15, 0.2) is 12.3 Å². The molecule has 0 bridgehead atoms. The van der Waals surface area contributed by atoms with E-state index in [9.17, 15) is 0 Å². The highest BCUT2D eigenvalue weighted by Gasteiger charge is 1.99. The lowest BCUT2D eigenvalue weighted by Crippen LogP contribution is -2.09. The average molecular weight is 267 g/mol. The molecule has 0 unspecified atom stereocenters. The Kier molecular flexibility index (Phi) is 7.89. The molecular weight excluding hydrogens is 242 g/mol. The van der Waals surface area contributed by atoms with Crippen LogP contribution in [0.2, 0.25) is 0 Å². The molecule has 1 N–H and O–H groups in total. The first-order valence-corrected chi connectivity index (χ1v) is 7.03. The quantitative estimate of drug-likeness (QED) is 0.661. The monoisotopic (exact) mass is 267 g/mol. The van der Waals surface area contributed by atoms with Crippen LogP contribution in [0.3, 0.4) is 0 Å². The third kappa shape index (κ3) is 7.62. The number of aromatic nitrogens is 2. The van der Waals surface area contributed by atoms with Gasteiger partial charge in [-0.1, -0.05) is 6.92 Å². The van der Waals surface area contributed by atoms with E-state index in [-0.39, 0.29) is 0 Å². The lowest BCUT2D eigenvalue weighted by molar-refractivity contribution is 0.0765. The predicted octanol–water partition coefficient (Wildman–Crippen LogP) is 2.88. The maximum absolute atomic E-state index is 5.48. The molecule has 0 radical (unpaired) electrons. The molecule has 1 heterocycles. The molecule has 0 aliphatic rings. The van der Waals surface area contributed by atoms with Gasteiger partial charge in [0.05, 0.1) is 12.7 Å². The van der Waals surface area contributed by atoms with Crippen molar-refractivity contribution >= 4 is 5.95 Å². The lowest BCUT2D eigenvalue weighted by Gasteiger charge is -2.08. The second-order valence-electron chi connectivity index (χ2n) is 4.62. The summed E-state index contributed by atoms with van der Waals surface area (Å²) in [5, 5.41) is 3.19. The number of rotatable bonds is 10. The molecule has 108 valence electrons. The summed E-state index contributed by atoms with van der Waals surface area (Å²) in [7, 11) is 0. The number of nitrogens with one attached hydrogen (secondary N) is 1. The van der Waals surface area contributed by atoms with E-state index in [1.165, 1.54) is 0 Å². The Balaban J connectivity index is 2.18. The average Bonchev–Trinajstić information content (AvgIpc) is 2.40. The van der Waals surface area contributed by atoms with Crippen molar-refractivity contribution in [3.63, 3.8) is 0 Å². The molecule has 0 aliphatic carbocycles. The molecule has 1 aromatic rings. The molecule has 0 aliphatic heterocycles. The zero-order valence-electron chi connectivity index (χ0n) is 12.2. The first-order valence-electron chi connectivity index (χ1n) is 7.03. The number of anilines is 1. The third-order valence-corrected chi connectivity index (χ3v) is 2.39. The topological polar surface area (TPSA) is 56.3 Å². The van der Waals surface area contributed by atoms with E-state index in [0.29, 0.717) is 24.5 Å². The van der Waals surface area contributed by atoms with Crippen molar-refractivity contribution in [2.24, 2.45) is 0 Å². The van der Waals surface area contributed by atoms with Gasteiger partial charge in [-0.3, -0.25) is 0 Å². The Hall–Kier alpha value is -1.36. The number of nitrogens with zero attached hydrogens (tertiary/aromatic N) is 2. The van der Waals surface area contributed by atoms with E-state index in [0.717, 1.165) is 32.4 Å². The standard InChI is InChI=1S/C14H25N3O2/c1-4-10-19-13-7-9-16-14(17-13)15-8-5-6-11-18-12(2)3/h7,9,12H,4-6,8,10-11H2,1-3H3,(H,15,16,17). The van der Waals surface area contributed by atoms with Crippen molar-refractivity contribution in [2.75, 3.05) is 25.1 Å². The van der Waals surface area contributed by atoms with Gasteiger partial charge in [-0.15, -0.1) is 0 Å². The summed E-state index contributed by atoms with van der Waals surface area (Å²) in [6, 6.07) is 1.78. The molecule has 5 heteroatoms. The van der Waals surface area contributed by atoms with E-state index in [1.807, 2.05) is 13.8 Å². The van der Waals surface area contributed by atoms with Gasteiger partial charge in [-0.25, -0.2) is 4.98 Å². The molecular formula is C14H25N3O2. The van der Waals surface area contributed by atoms with Crippen LogP contribution in [0.1, 0.15) is 40.0 Å². The molecule has 0 atom stereocenters. The molecule has 0 aromatic carbocycles. The minimum atomic E-state index is 0.309. The third-order valence-electron chi connectivity index (χ3n) is 2.39. The van der Waals surface area contributed by atoms with E-state index in [4.69, 9.17) is 9.47 Å². The summed E-state index contributed by atoms with van der Waals surface area (Å²) in [5.74, 6) is 1.25. The highest BCUT2D eigenvalue weighted by molar-refractivity contribution is 5.27. The van der Waals surface area contributed by atoms with Crippen LogP contribution in [0.5, 0.6) is 5.88 Å². The van der Waals surface area contributed by atoms with Crippen LogP contribution in [-0.2, 0) is 4.74 Å². The fraction of sp³-hybridized carbons (Fsp3) is 0.714. The van der Waals surface area contributed by atoms with Crippen molar-refractivity contribution in [1.82, 2.24) is 9.97 Å². The summed E-state index contributed by atoms with van der Waals surface area (Å²) in [4.78, 5) is 8.44. The SMILES string of the molecule is CCCOc1ccnc(NCCCCOC(C)C)n1. The number of hydrogen-bond donors (Lipinski definition) is 1. The maximum atomic E-state index is 5.48. The Bertz CT molecular complexity index is 345. The molecule has 0 fully saturated rings. The van der Waals surface area contributed by atoms with Crippen LogP contribution >= 0.6 is 0 Å². The smallest absolute Gasteiger partial charge is 0.225 e. The van der Waals surface area contributed by atoms with E-state index < -0.39 is 0 Å². The van der Waals surface area contributed by atoms with Gasteiger partial charge in [0.25, 0.3) is 0 Å². The molecule has 0 saturated carbocycles. The second-order valence-corrected chi connectivity index (χ2v) is 4.62. The van der Waals surface area contributed by atoms with E-state index in [1.54, 1.807) is 12.3 Å². The molecule has 5 nitrogen and oxygen atoms in total. The number of hydrogen-bond acceptors (Lipinski definition) is 5. The minimum absolute atomic E-state index is 0.309. The highest BCUT2D eigenvalue weighted by Crippen LogP contribution is 2.08. The van der Waals surface area contributed by atoms with Crippen molar-refractivity contribution in [3.8, 4) is 5.88 Å². The van der Waals surface area contributed by atoms with Crippen LogP contribution in [0.25, 0.3) is 0 Å². The summed E-state index contributed by atoms with van der Waals surface area (Å²) in [6.07, 6.45) is 5.07. The Morgan fingerprint density at radius 1 is 1.26 bits per heavy atom. The Morgan fingerprint density at radius 3 is 2.84 bits per heavy atom. The molecule has 0 saturated heterocycles.